The molecule has 1 fully saturated rings. The van der Waals surface area contributed by atoms with E-state index in [0.717, 1.165) is 31.2 Å². The van der Waals surface area contributed by atoms with Gasteiger partial charge in [0.05, 0.1) is 10.6 Å². The van der Waals surface area contributed by atoms with E-state index in [1.165, 1.54) is 12.1 Å². The Balaban J connectivity index is 0.00000261. The maximum Gasteiger partial charge on any atom is 0.251 e. The van der Waals surface area contributed by atoms with Crippen molar-refractivity contribution in [2.24, 2.45) is 5.73 Å². The lowest BCUT2D eigenvalue weighted by atomic mass is 9.91. The first kappa shape index (κ1) is 21.4. The minimum absolute atomic E-state index is 0. The van der Waals surface area contributed by atoms with Gasteiger partial charge in [-0.1, -0.05) is 36.4 Å². The Morgan fingerprint density at radius 1 is 1.00 bits per heavy atom. The van der Waals surface area contributed by atoms with Crippen LogP contribution in [0.3, 0.4) is 0 Å². The predicted molar refractivity (Wildman–Crippen MR) is 109 cm³/mol. The van der Waals surface area contributed by atoms with E-state index in [9.17, 15) is 13.2 Å². The molecule has 1 amide bonds. The van der Waals surface area contributed by atoms with Crippen LogP contribution in [0.4, 0.5) is 0 Å². The van der Waals surface area contributed by atoms with E-state index in [1.807, 2.05) is 18.2 Å². The SMILES string of the molecule is Cl.NC1CCC(NC(=O)c2cccc(S(=O)(=O)Cc3ccccc3)c2)CC1. The van der Waals surface area contributed by atoms with Crippen LogP contribution in [-0.2, 0) is 15.6 Å². The van der Waals surface area contributed by atoms with E-state index in [1.54, 1.807) is 24.3 Å². The number of hydrogen-bond acceptors (Lipinski definition) is 4. The largest absolute Gasteiger partial charge is 0.349 e. The lowest BCUT2D eigenvalue weighted by molar-refractivity contribution is 0.0925. The molecular weight excluding hydrogens is 384 g/mol. The molecule has 0 saturated heterocycles. The summed E-state index contributed by atoms with van der Waals surface area (Å²) in [4.78, 5) is 12.7. The van der Waals surface area contributed by atoms with Gasteiger partial charge < -0.3 is 11.1 Å². The van der Waals surface area contributed by atoms with Gasteiger partial charge in [0.2, 0.25) is 0 Å². The van der Waals surface area contributed by atoms with Crippen molar-refractivity contribution < 1.29 is 13.2 Å². The van der Waals surface area contributed by atoms with Gasteiger partial charge in [0.1, 0.15) is 0 Å². The second-order valence-corrected chi connectivity index (χ2v) is 8.85. The van der Waals surface area contributed by atoms with Crippen LogP contribution in [0.5, 0.6) is 0 Å². The van der Waals surface area contributed by atoms with E-state index in [4.69, 9.17) is 5.73 Å². The Hall–Kier alpha value is -1.89. The van der Waals surface area contributed by atoms with Gasteiger partial charge in [0, 0.05) is 17.6 Å². The van der Waals surface area contributed by atoms with Gasteiger partial charge in [-0.3, -0.25) is 4.79 Å². The second-order valence-electron chi connectivity index (χ2n) is 6.86. The zero-order chi connectivity index (χ0) is 18.6. The van der Waals surface area contributed by atoms with Gasteiger partial charge in [-0.2, -0.15) is 0 Å². The third-order valence-electron chi connectivity index (χ3n) is 4.76. The number of carbonyl (C=O) groups is 1. The van der Waals surface area contributed by atoms with Crippen LogP contribution in [0.25, 0.3) is 0 Å². The maximum absolute atomic E-state index is 12.7. The Bertz CT molecular complexity index is 864. The molecule has 3 rings (SSSR count). The lowest BCUT2D eigenvalue weighted by Gasteiger charge is -2.26. The molecule has 0 aromatic heterocycles. The molecule has 0 atom stereocenters. The van der Waals surface area contributed by atoms with Crippen molar-refractivity contribution in [2.75, 3.05) is 0 Å². The van der Waals surface area contributed by atoms with Crippen molar-refractivity contribution in [1.29, 1.82) is 0 Å². The van der Waals surface area contributed by atoms with Gasteiger partial charge >= 0.3 is 0 Å². The van der Waals surface area contributed by atoms with Crippen molar-refractivity contribution in [3.8, 4) is 0 Å². The number of sulfone groups is 1. The van der Waals surface area contributed by atoms with Crippen LogP contribution in [0.1, 0.15) is 41.6 Å². The first-order valence-electron chi connectivity index (χ1n) is 8.87. The number of rotatable bonds is 5. The number of nitrogens with one attached hydrogen (secondary N) is 1. The average molecular weight is 409 g/mol. The monoisotopic (exact) mass is 408 g/mol. The van der Waals surface area contributed by atoms with Crippen LogP contribution in [0.2, 0.25) is 0 Å². The molecule has 0 spiro atoms. The standard InChI is InChI=1S/C20H24N2O3S.ClH/c21-17-9-11-18(12-10-17)22-20(23)16-7-4-8-19(13-16)26(24,25)14-15-5-2-1-3-6-15;/h1-8,13,17-18H,9-12,14,21H2,(H,22,23);1H. The van der Waals surface area contributed by atoms with E-state index in [2.05, 4.69) is 5.32 Å². The molecule has 0 radical (unpaired) electrons. The molecule has 7 heteroatoms. The molecule has 0 aliphatic heterocycles. The van der Waals surface area contributed by atoms with Crippen LogP contribution in [-0.4, -0.2) is 26.4 Å². The highest BCUT2D eigenvalue weighted by Gasteiger charge is 2.22. The quantitative estimate of drug-likeness (QED) is 0.795. The zero-order valence-electron chi connectivity index (χ0n) is 15.0. The summed E-state index contributed by atoms with van der Waals surface area (Å²) in [5.41, 5.74) is 6.98. The van der Waals surface area contributed by atoms with Crippen molar-refractivity contribution in [3.05, 3.63) is 65.7 Å². The minimum Gasteiger partial charge on any atom is -0.349 e. The molecule has 2 aromatic rings. The molecule has 0 unspecified atom stereocenters. The fourth-order valence-electron chi connectivity index (χ4n) is 3.24. The Morgan fingerprint density at radius 2 is 1.67 bits per heavy atom. The van der Waals surface area contributed by atoms with Crippen molar-refractivity contribution in [3.63, 3.8) is 0 Å². The Labute approximate surface area is 166 Å². The lowest BCUT2D eigenvalue weighted by Crippen LogP contribution is -2.40. The van der Waals surface area contributed by atoms with E-state index >= 15 is 0 Å². The summed E-state index contributed by atoms with van der Waals surface area (Å²) in [7, 11) is -3.51. The number of hydrogen-bond donors (Lipinski definition) is 2. The van der Waals surface area contributed by atoms with E-state index in [0.29, 0.717) is 5.56 Å². The van der Waals surface area contributed by atoms with Crippen LogP contribution in [0.15, 0.2) is 59.5 Å². The van der Waals surface area contributed by atoms with Crippen molar-refractivity contribution in [2.45, 2.75) is 48.4 Å². The molecule has 1 saturated carbocycles. The highest BCUT2D eigenvalue weighted by molar-refractivity contribution is 7.90. The zero-order valence-corrected chi connectivity index (χ0v) is 16.6. The predicted octanol–water partition coefficient (Wildman–Crippen LogP) is 3.08. The second kappa shape index (κ2) is 9.35. The molecule has 0 bridgehead atoms. The summed E-state index contributed by atoms with van der Waals surface area (Å²) in [6, 6.07) is 15.6. The first-order valence-corrected chi connectivity index (χ1v) is 10.5. The normalized spacial score (nSPS) is 19.7. The minimum atomic E-state index is -3.51. The molecule has 2 aromatic carbocycles. The van der Waals surface area contributed by atoms with Gasteiger partial charge in [-0.05, 0) is 49.4 Å². The molecule has 0 heterocycles. The number of halogens is 1. The molecule has 5 nitrogen and oxygen atoms in total. The van der Waals surface area contributed by atoms with Crippen LogP contribution >= 0.6 is 12.4 Å². The molecule has 1 aliphatic carbocycles. The molecule has 27 heavy (non-hydrogen) atoms. The van der Waals surface area contributed by atoms with Crippen molar-refractivity contribution >= 4 is 28.2 Å². The fraction of sp³-hybridized carbons (Fsp3) is 0.350. The first-order chi connectivity index (χ1) is 12.4. The Kier molecular flexibility index (Phi) is 7.41. The fourth-order valence-corrected chi connectivity index (χ4v) is 4.63. The van der Waals surface area contributed by atoms with E-state index < -0.39 is 9.84 Å². The molecular formula is C20H25ClN2O3S. The third-order valence-corrected chi connectivity index (χ3v) is 6.45. The van der Waals surface area contributed by atoms with Gasteiger partial charge in [-0.15, -0.1) is 12.4 Å². The topological polar surface area (TPSA) is 89.3 Å². The van der Waals surface area contributed by atoms with Gasteiger partial charge in [-0.25, -0.2) is 8.42 Å². The number of nitrogens with two attached hydrogens (primary N) is 1. The smallest absolute Gasteiger partial charge is 0.251 e. The van der Waals surface area contributed by atoms with Crippen LogP contribution in [0, 0.1) is 0 Å². The molecule has 1 aliphatic rings. The van der Waals surface area contributed by atoms with Crippen LogP contribution < -0.4 is 11.1 Å². The highest BCUT2D eigenvalue weighted by Crippen LogP contribution is 2.20. The number of carbonyl (C=O) groups excluding carboxylic acids is 1. The number of amides is 1. The van der Waals surface area contributed by atoms with Gasteiger partial charge in [0.15, 0.2) is 9.84 Å². The molecule has 3 N–H and O–H groups in total. The Morgan fingerprint density at radius 3 is 2.33 bits per heavy atom. The summed E-state index contributed by atoms with van der Waals surface area (Å²) in [5.74, 6) is -0.318. The number of benzene rings is 2. The summed E-state index contributed by atoms with van der Waals surface area (Å²) >= 11 is 0. The van der Waals surface area contributed by atoms with E-state index in [-0.39, 0.29) is 41.0 Å². The summed E-state index contributed by atoms with van der Waals surface area (Å²) in [5, 5.41) is 2.99. The van der Waals surface area contributed by atoms with Gasteiger partial charge in [0.25, 0.3) is 5.91 Å². The summed E-state index contributed by atoms with van der Waals surface area (Å²) in [6.07, 6.45) is 3.52. The average Bonchev–Trinajstić information content (AvgIpc) is 2.64. The summed E-state index contributed by atoms with van der Waals surface area (Å²) in [6.45, 7) is 0. The summed E-state index contributed by atoms with van der Waals surface area (Å²) < 4.78 is 25.3. The third kappa shape index (κ3) is 5.79. The maximum atomic E-state index is 12.7. The van der Waals surface area contributed by atoms with Crippen molar-refractivity contribution in [1.82, 2.24) is 5.32 Å². The highest BCUT2D eigenvalue weighted by atomic mass is 35.5. The molecule has 146 valence electrons.